The molecule has 4 nitrogen and oxygen atoms in total. The molecule has 0 spiro atoms. The molecular formula is C28H6BF15O4. The van der Waals surface area contributed by atoms with E-state index in [-0.39, 0.29) is 0 Å². The van der Waals surface area contributed by atoms with Crippen LogP contribution in [0.3, 0.4) is 0 Å². The summed E-state index contributed by atoms with van der Waals surface area (Å²) in [5.41, 5.74) is -12.8. The van der Waals surface area contributed by atoms with Gasteiger partial charge in [0.05, 0.1) is 16.7 Å². The highest BCUT2D eigenvalue weighted by Crippen LogP contribution is 2.55. The molecule has 48 heavy (non-hydrogen) atoms. The molecule has 5 rings (SSSR count). The average molecular weight is 702 g/mol. The van der Waals surface area contributed by atoms with E-state index >= 15 is 26.3 Å². The highest BCUT2D eigenvalue weighted by Gasteiger charge is 2.38. The van der Waals surface area contributed by atoms with Gasteiger partial charge in [-0.05, 0) is 5.56 Å². The van der Waals surface area contributed by atoms with Crippen molar-refractivity contribution in [3.8, 4) is 44.9 Å². The molecule has 250 valence electrons. The molecule has 0 aliphatic heterocycles. The summed E-state index contributed by atoms with van der Waals surface area (Å²) in [4.78, 5) is 0. The first kappa shape index (κ1) is 34.2. The van der Waals surface area contributed by atoms with Crippen LogP contribution in [0, 0.1) is 87.3 Å². The summed E-state index contributed by atoms with van der Waals surface area (Å²) in [5.74, 6) is -46.6. The van der Waals surface area contributed by atoms with Crippen LogP contribution in [0.4, 0.5) is 65.9 Å². The van der Waals surface area contributed by atoms with Crippen molar-refractivity contribution in [3.05, 3.63) is 105 Å². The quantitative estimate of drug-likeness (QED) is 0.0753. The van der Waals surface area contributed by atoms with Crippen LogP contribution in [-0.4, -0.2) is 22.5 Å². The first-order chi connectivity index (χ1) is 22.4. The summed E-state index contributed by atoms with van der Waals surface area (Å²) in [7, 11) is -3.15. The van der Waals surface area contributed by atoms with E-state index in [1.807, 2.05) is 0 Å². The monoisotopic (exact) mass is 702 g/mol. The molecular weight excluding hydrogens is 696 g/mol. The molecule has 0 aliphatic rings. The smallest absolute Gasteiger partial charge is 0.509 e. The van der Waals surface area contributed by atoms with Crippen molar-refractivity contribution in [2.24, 2.45) is 0 Å². The number of phenols is 1. The van der Waals surface area contributed by atoms with Gasteiger partial charge >= 0.3 is 7.32 Å². The minimum Gasteiger partial charge on any atom is -0.509 e. The SMILES string of the molecule is OB(O)Oc1c(O)c(-c2c(F)c(F)c(F)c(F)c2F)c(-c2c(F)c(F)c(F)c(F)c2F)c2c(-c3c(F)c(F)c(F)c(F)c3F)cccc12. The molecule has 0 bridgehead atoms. The van der Waals surface area contributed by atoms with Crippen molar-refractivity contribution >= 4 is 18.1 Å². The molecule has 0 heterocycles. The van der Waals surface area contributed by atoms with E-state index in [2.05, 4.69) is 4.65 Å². The van der Waals surface area contributed by atoms with E-state index < -0.39 is 150 Å². The highest BCUT2D eigenvalue weighted by atomic mass is 19.2. The van der Waals surface area contributed by atoms with Gasteiger partial charge in [-0.15, -0.1) is 0 Å². The molecule has 0 atom stereocenters. The average Bonchev–Trinajstić information content (AvgIpc) is 3.05. The fourth-order valence-corrected chi connectivity index (χ4v) is 4.91. The van der Waals surface area contributed by atoms with Gasteiger partial charge in [-0.1, -0.05) is 18.2 Å². The lowest BCUT2D eigenvalue weighted by atomic mass is 9.83. The number of benzene rings is 5. The van der Waals surface area contributed by atoms with Gasteiger partial charge < -0.3 is 19.8 Å². The summed E-state index contributed by atoms with van der Waals surface area (Å²) in [6, 6.07) is 1.43. The number of phenolic OH excluding ortho intramolecular Hbond substituents is 1. The largest absolute Gasteiger partial charge is 0.707 e. The highest BCUT2D eigenvalue weighted by molar-refractivity contribution is 6.34. The standard InChI is InChI=1S/C28H6BF15O4/c30-12-7(13(31)19(37)24(42)18(12)36)4-2-1-3-5-6(4)8(10-14(32)20(38)25(43)21(39)15(10)33)9(27(45)28(5)48-29(46)47)11-16(34)22(40)26(44)23(41)17(11)35/h1-3,45-47H. The Morgan fingerprint density at radius 1 is 0.417 bits per heavy atom. The summed E-state index contributed by atoms with van der Waals surface area (Å²) < 4.78 is 225. The van der Waals surface area contributed by atoms with Crippen LogP contribution in [0.2, 0.25) is 0 Å². The van der Waals surface area contributed by atoms with Gasteiger partial charge in [-0.2, -0.15) is 0 Å². The Bertz CT molecular complexity index is 2140. The van der Waals surface area contributed by atoms with Gasteiger partial charge in [0.2, 0.25) is 17.5 Å². The molecule has 0 amide bonds. The first-order valence-corrected chi connectivity index (χ1v) is 12.3. The van der Waals surface area contributed by atoms with Crippen molar-refractivity contribution in [3.63, 3.8) is 0 Å². The van der Waals surface area contributed by atoms with E-state index in [1.165, 1.54) is 0 Å². The summed E-state index contributed by atoms with van der Waals surface area (Å²) in [6.07, 6.45) is 0. The van der Waals surface area contributed by atoms with Crippen molar-refractivity contribution in [1.29, 1.82) is 0 Å². The predicted molar refractivity (Wildman–Crippen MR) is 132 cm³/mol. The molecule has 5 aromatic rings. The molecule has 0 aromatic heterocycles. The Morgan fingerprint density at radius 2 is 0.750 bits per heavy atom. The summed E-state index contributed by atoms with van der Waals surface area (Å²) in [6.45, 7) is 0. The molecule has 3 N–H and O–H groups in total. The normalized spacial score (nSPS) is 11.5. The minimum absolute atomic E-state index is 0.328. The summed E-state index contributed by atoms with van der Waals surface area (Å²) >= 11 is 0. The van der Waals surface area contributed by atoms with Crippen LogP contribution in [0.1, 0.15) is 0 Å². The Balaban J connectivity index is 2.25. The van der Waals surface area contributed by atoms with Gasteiger partial charge in [0, 0.05) is 21.9 Å². The Hall–Kier alpha value is -5.11. The number of fused-ring (bicyclic) bond motifs is 1. The van der Waals surface area contributed by atoms with E-state index in [4.69, 9.17) is 0 Å². The van der Waals surface area contributed by atoms with Crippen LogP contribution in [0.5, 0.6) is 11.5 Å². The lowest BCUT2D eigenvalue weighted by Crippen LogP contribution is -2.21. The lowest BCUT2D eigenvalue weighted by Gasteiger charge is -2.24. The maximum Gasteiger partial charge on any atom is 0.707 e. The summed E-state index contributed by atoms with van der Waals surface area (Å²) in [5, 5.41) is 27.0. The molecule has 0 unspecified atom stereocenters. The first-order valence-electron chi connectivity index (χ1n) is 12.3. The maximum atomic E-state index is 15.4. The van der Waals surface area contributed by atoms with Crippen LogP contribution in [0.15, 0.2) is 18.2 Å². The number of hydrogen-bond acceptors (Lipinski definition) is 4. The molecule has 0 saturated heterocycles. The zero-order valence-electron chi connectivity index (χ0n) is 22.2. The Kier molecular flexibility index (Phi) is 8.45. The molecule has 0 aliphatic carbocycles. The van der Waals surface area contributed by atoms with Gasteiger partial charge in [0.25, 0.3) is 0 Å². The third-order valence-electron chi connectivity index (χ3n) is 6.88. The molecule has 0 fully saturated rings. The minimum atomic E-state index is -3.15. The van der Waals surface area contributed by atoms with Gasteiger partial charge in [-0.25, -0.2) is 65.9 Å². The third kappa shape index (κ3) is 4.76. The number of rotatable bonds is 5. The third-order valence-corrected chi connectivity index (χ3v) is 6.88. The van der Waals surface area contributed by atoms with E-state index in [0.717, 1.165) is 0 Å². The fraction of sp³-hybridized carbons (Fsp3) is 0. The predicted octanol–water partition coefficient (Wildman–Crippen LogP) is 7.98. The lowest BCUT2D eigenvalue weighted by molar-refractivity contribution is 0.283. The fourth-order valence-electron chi connectivity index (χ4n) is 4.91. The number of aromatic hydroxyl groups is 1. The Labute approximate surface area is 254 Å². The van der Waals surface area contributed by atoms with Crippen LogP contribution in [-0.2, 0) is 0 Å². The van der Waals surface area contributed by atoms with Crippen molar-refractivity contribution < 1.29 is 85.7 Å². The number of hydrogen-bond donors (Lipinski definition) is 3. The van der Waals surface area contributed by atoms with Crippen LogP contribution in [0.25, 0.3) is 44.2 Å². The van der Waals surface area contributed by atoms with Crippen molar-refractivity contribution in [2.45, 2.75) is 0 Å². The topological polar surface area (TPSA) is 69.9 Å². The maximum absolute atomic E-state index is 15.4. The van der Waals surface area contributed by atoms with Crippen LogP contribution >= 0.6 is 0 Å². The van der Waals surface area contributed by atoms with E-state index in [0.29, 0.717) is 18.2 Å². The van der Waals surface area contributed by atoms with Gasteiger partial charge in [-0.3, -0.25) is 0 Å². The van der Waals surface area contributed by atoms with Crippen molar-refractivity contribution in [1.82, 2.24) is 0 Å². The van der Waals surface area contributed by atoms with Gasteiger partial charge in [0.1, 0.15) is 0 Å². The van der Waals surface area contributed by atoms with Gasteiger partial charge in [0.15, 0.2) is 81.3 Å². The van der Waals surface area contributed by atoms with Crippen molar-refractivity contribution in [2.75, 3.05) is 0 Å². The van der Waals surface area contributed by atoms with Crippen LogP contribution < -0.4 is 4.65 Å². The zero-order chi connectivity index (χ0) is 35.8. The van der Waals surface area contributed by atoms with E-state index in [9.17, 15) is 54.7 Å². The Morgan fingerprint density at radius 3 is 1.12 bits per heavy atom. The number of halogens is 15. The molecule has 0 radical (unpaired) electrons. The van der Waals surface area contributed by atoms with E-state index in [1.54, 1.807) is 0 Å². The second-order valence-electron chi connectivity index (χ2n) is 9.43. The molecule has 5 aromatic carbocycles. The second kappa shape index (κ2) is 11.8. The molecule has 20 heteroatoms. The zero-order valence-corrected chi connectivity index (χ0v) is 22.2. The second-order valence-corrected chi connectivity index (χ2v) is 9.43. The molecule has 0 saturated carbocycles.